The van der Waals surface area contributed by atoms with Gasteiger partial charge < -0.3 is 18.8 Å². The highest BCUT2D eigenvalue weighted by Crippen LogP contribution is 2.42. The first-order valence-electron chi connectivity index (χ1n) is 11.5. The van der Waals surface area contributed by atoms with Gasteiger partial charge in [-0.05, 0) is 63.1 Å². The quantitative estimate of drug-likeness (QED) is 0.589. The molecule has 2 aromatic heterocycles. The summed E-state index contributed by atoms with van der Waals surface area (Å²) in [6.45, 7) is 6.65. The van der Waals surface area contributed by atoms with Gasteiger partial charge in [-0.15, -0.1) is 0 Å². The minimum atomic E-state index is -0.263. The maximum atomic E-state index is 13.6. The van der Waals surface area contributed by atoms with Gasteiger partial charge in [-0.1, -0.05) is 0 Å². The molecule has 0 unspecified atom stereocenters. The number of amides is 1. The van der Waals surface area contributed by atoms with E-state index in [2.05, 4.69) is 9.47 Å². The van der Waals surface area contributed by atoms with Crippen molar-refractivity contribution in [1.29, 1.82) is 0 Å². The molecule has 1 saturated heterocycles. The second-order valence-electron chi connectivity index (χ2n) is 9.04. The van der Waals surface area contributed by atoms with E-state index in [4.69, 9.17) is 4.42 Å². The molecule has 0 spiro atoms. The van der Waals surface area contributed by atoms with Crippen molar-refractivity contribution in [2.24, 2.45) is 0 Å². The molecule has 1 aliphatic heterocycles. The Labute approximate surface area is 192 Å². The summed E-state index contributed by atoms with van der Waals surface area (Å²) in [6.07, 6.45) is 1.97. The lowest BCUT2D eigenvalue weighted by molar-refractivity contribution is 0.0743. The fraction of sp³-hybridized carbons (Fsp3) is 0.385. The van der Waals surface area contributed by atoms with Gasteiger partial charge in [-0.25, -0.2) is 4.39 Å². The molecule has 7 heteroatoms. The number of carbonyl (C=O) groups excluding carboxylic acids is 1. The normalized spacial score (nSPS) is 16.3. The average molecular weight is 450 g/mol. The Hall–Kier alpha value is -3.35. The fourth-order valence-corrected chi connectivity index (χ4v) is 4.70. The van der Waals surface area contributed by atoms with Crippen molar-refractivity contribution in [3.8, 4) is 0 Å². The van der Waals surface area contributed by atoms with E-state index >= 15 is 0 Å². The van der Waals surface area contributed by atoms with E-state index < -0.39 is 0 Å². The molecule has 0 atom stereocenters. The van der Waals surface area contributed by atoms with Crippen molar-refractivity contribution in [3.05, 3.63) is 87.0 Å². The van der Waals surface area contributed by atoms with Crippen LogP contribution in [0, 0.1) is 19.7 Å². The maximum Gasteiger partial charge on any atom is 0.259 e. The van der Waals surface area contributed by atoms with Crippen LogP contribution in [0.25, 0.3) is 0 Å². The molecule has 3 heterocycles. The third kappa shape index (κ3) is 4.32. The minimum absolute atomic E-state index is 0.190. The Balaban J connectivity index is 1.41. The van der Waals surface area contributed by atoms with Gasteiger partial charge in [-0.2, -0.15) is 0 Å². The van der Waals surface area contributed by atoms with Crippen LogP contribution in [0.5, 0.6) is 0 Å². The second-order valence-corrected chi connectivity index (χ2v) is 9.04. The summed E-state index contributed by atoms with van der Waals surface area (Å²) in [6, 6.07) is 11.9. The number of nitrogens with zero attached hydrogens (tertiary/aromatic N) is 3. The molecule has 0 radical (unpaired) electrons. The summed E-state index contributed by atoms with van der Waals surface area (Å²) in [5.74, 6) is 1.43. The zero-order valence-electron chi connectivity index (χ0n) is 19.0. The van der Waals surface area contributed by atoms with Crippen LogP contribution < -0.4 is 10.3 Å². The van der Waals surface area contributed by atoms with Crippen LogP contribution in [0.15, 0.2) is 51.7 Å². The van der Waals surface area contributed by atoms with E-state index in [0.717, 1.165) is 41.4 Å². The fourth-order valence-electron chi connectivity index (χ4n) is 4.70. The molecule has 0 bridgehead atoms. The maximum absolute atomic E-state index is 13.6. The average Bonchev–Trinajstić information content (AvgIpc) is 3.56. The number of benzene rings is 1. The molecular weight excluding hydrogens is 421 g/mol. The number of rotatable bonds is 5. The summed E-state index contributed by atoms with van der Waals surface area (Å²) in [7, 11) is 0. The number of hydrogen-bond donors (Lipinski definition) is 0. The van der Waals surface area contributed by atoms with Crippen molar-refractivity contribution in [1.82, 2.24) is 9.47 Å². The first-order valence-corrected chi connectivity index (χ1v) is 11.5. The predicted octanol–water partition coefficient (Wildman–Crippen LogP) is 4.09. The SMILES string of the molecule is Cc1ccc(Cn2c(C)cc(=O)c(C(=O)N3CCN(c4ccc(F)cc4)CC3)c2C2CC2)o1. The molecule has 1 amide bonds. The summed E-state index contributed by atoms with van der Waals surface area (Å²) >= 11 is 0. The zero-order valence-corrected chi connectivity index (χ0v) is 19.0. The largest absolute Gasteiger partial charge is 0.464 e. The summed E-state index contributed by atoms with van der Waals surface area (Å²) < 4.78 is 21.1. The van der Waals surface area contributed by atoms with Crippen LogP contribution in [0.1, 0.15) is 52.0 Å². The highest BCUT2D eigenvalue weighted by molar-refractivity contribution is 5.95. The first kappa shape index (κ1) is 21.5. The molecule has 33 heavy (non-hydrogen) atoms. The summed E-state index contributed by atoms with van der Waals surface area (Å²) in [5.41, 5.74) is 2.73. The standard InChI is InChI=1S/C26H28FN3O3/c1-17-15-23(31)24(25(19-4-5-19)30(17)16-22-10-3-18(2)33-22)26(32)29-13-11-28(12-14-29)21-8-6-20(27)7-9-21/h3,6-10,15,19H,4-5,11-14,16H2,1-2H3. The van der Waals surface area contributed by atoms with E-state index in [1.165, 1.54) is 12.1 Å². The van der Waals surface area contributed by atoms with Crippen molar-refractivity contribution in [2.75, 3.05) is 31.1 Å². The van der Waals surface area contributed by atoms with Crippen molar-refractivity contribution in [3.63, 3.8) is 0 Å². The lowest BCUT2D eigenvalue weighted by atomic mass is 10.0. The predicted molar refractivity (Wildman–Crippen MR) is 124 cm³/mol. The van der Waals surface area contributed by atoms with E-state index in [-0.39, 0.29) is 23.1 Å². The molecule has 2 fully saturated rings. The smallest absolute Gasteiger partial charge is 0.259 e. The Morgan fingerprint density at radius 2 is 1.73 bits per heavy atom. The van der Waals surface area contributed by atoms with E-state index in [0.29, 0.717) is 38.3 Å². The van der Waals surface area contributed by atoms with Crippen molar-refractivity contribution in [2.45, 2.75) is 39.2 Å². The van der Waals surface area contributed by atoms with Gasteiger partial charge in [0.15, 0.2) is 5.43 Å². The second kappa shape index (κ2) is 8.54. The number of piperazine rings is 1. The topological polar surface area (TPSA) is 58.7 Å². The Kier molecular flexibility index (Phi) is 5.56. The van der Waals surface area contributed by atoms with Crippen molar-refractivity contribution < 1.29 is 13.6 Å². The number of hydrogen-bond acceptors (Lipinski definition) is 4. The zero-order chi connectivity index (χ0) is 23.1. The van der Waals surface area contributed by atoms with Gasteiger partial charge in [-0.3, -0.25) is 9.59 Å². The lowest BCUT2D eigenvalue weighted by Gasteiger charge is -2.36. The third-order valence-electron chi connectivity index (χ3n) is 6.61. The van der Waals surface area contributed by atoms with Gasteiger partial charge in [0, 0.05) is 55.2 Å². The molecule has 172 valence electrons. The molecule has 3 aromatic rings. The van der Waals surface area contributed by atoms with E-state index in [1.54, 1.807) is 23.1 Å². The Bertz CT molecular complexity index is 1230. The number of furan rings is 1. The number of anilines is 1. The summed E-state index contributed by atoms with van der Waals surface area (Å²) in [4.78, 5) is 30.6. The van der Waals surface area contributed by atoms with Crippen LogP contribution in [0.3, 0.4) is 0 Å². The molecule has 6 nitrogen and oxygen atoms in total. The molecule has 2 aliphatic rings. The van der Waals surface area contributed by atoms with Crippen molar-refractivity contribution >= 4 is 11.6 Å². The molecule has 5 rings (SSSR count). The number of aryl methyl sites for hydroxylation is 2. The van der Waals surface area contributed by atoms with Crippen LogP contribution in [0.4, 0.5) is 10.1 Å². The van der Waals surface area contributed by atoms with Crippen LogP contribution in [-0.2, 0) is 6.54 Å². The Morgan fingerprint density at radius 3 is 2.33 bits per heavy atom. The monoisotopic (exact) mass is 449 g/mol. The molecule has 1 aromatic carbocycles. The van der Waals surface area contributed by atoms with Gasteiger partial charge in [0.1, 0.15) is 22.9 Å². The first-order chi connectivity index (χ1) is 15.9. The van der Waals surface area contributed by atoms with Crippen LogP contribution in [0.2, 0.25) is 0 Å². The lowest BCUT2D eigenvalue weighted by Crippen LogP contribution is -2.50. The van der Waals surface area contributed by atoms with Crippen LogP contribution >= 0.6 is 0 Å². The molecular formula is C26H28FN3O3. The van der Waals surface area contributed by atoms with Gasteiger partial charge in [0.05, 0.1) is 6.54 Å². The third-order valence-corrected chi connectivity index (χ3v) is 6.61. The highest BCUT2D eigenvalue weighted by Gasteiger charge is 2.35. The molecule has 1 saturated carbocycles. The minimum Gasteiger partial charge on any atom is -0.464 e. The van der Waals surface area contributed by atoms with Gasteiger partial charge in [0.2, 0.25) is 0 Å². The summed E-state index contributed by atoms with van der Waals surface area (Å²) in [5, 5.41) is 0. The number of aromatic nitrogens is 1. The number of halogens is 1. The van der Waals surface area contributed by atoms with E-state index in [9.17, 15) is 14.0 Å². The number of pyridine rings is 1. The number of carbonyl (C=O) groups is 1. The van der Waals surface area contributed by atoms with Crippen LogP contribution in [-0.4, -0.2) is 41.6 Å². The molecule has 0 N–H and O–H groups in total. The van der Waals surface area contributed by atoms with Gasteiger partial charge >= 0.3 is 0 Å². The van der Waals surface area contributed by atoms with E-state index in [1.807, 2.05) is 26.0 Å². The Morgan fingerprint density at radius 1 is 1.03 bits per heavy atom. The highest BCUT2D eigenvalue weighted by atomic mass is 19.1. The van der Waals surface area contributed by atoms with Gasteiger partial charge in [0.25, 0.3) is 5.91 Å². The molecule has 1 aliphatic carbocycles.